The molecule has 0 amide bonds. The fourth-order valence-electron chi connectivity index (χ4n) is 2.12. The van der Waals surface area contributed by atoms with Crippen molar-refractivity contribution in [3.63, 3.8) is 0 Å². The fraction of sp³-hybridized carbons (Fsp3) is 1.00. The van der Waals surface area contributed by atoms with Crippen molar-refractivity contribution in [2.45, 2.75) is 38.8 Å². The van der Waals surface area contributed by atoms with Crippen LogP contribution in [-0.2, 0) is 4.74 Å². The molecule has 1 aliphatic heterocycles. The number of methoxy groups -OCH3 is 1. The van der Waals surface area contributed by atoms with E-state index in [0.717, 1.165) is 13.1 Å². The lowest BCUT2D eigenvalue weighted by molar-refractivity contribution is 0.0566. The molecule has 3 nitrogen and oxygen atoms in total. The summed E-state index contributed by atoms with van der Waals surface area (Å²) in [7, 11) is 1.78. The van der Waals surface area contributed by atoms with Gasteiger partial charge >= 0.3 is 0 Å². The zero-order valence-corrected chi connectivity index (χ0v) is 9.70. The minimum absolute atomic E-state index is 0.329. The van der Waals surface area contributed by atoms with Crippen LogP contribution in [0.5, 0.6) is 0 Å². The van der Waals surface area contributed by atoms with Gasteiger partial charge in [0.1, 0.15) is 0 Å². The molecule has 0 aromatic rings. The zero-order chi connectivity index (χ0) is 10.6. The summed E-state index contributed by atoms with van der Waals surface area (Å²) in [5.41, 5.74) is 5.93. The van der Waals surface area contributed by atoms with Crippen LogP contribution in [0.25, 0.3) is 0 Å². The summed E-state index contributed by atoms with van der Waals surface area (Å²) in [5.74, 6) is 0.674. The van der Waals surface area contributed by atoms with Crippen LogP contribution in [-0.4, -0.2) is 43.8 Å². The van der Waals surface area contributed by atoms with Gasteiger partial charge in [0.25, 0.3) is 0 Å². The Morgan fingerprint density at radius 3 is 2.79 bits per heavy atom. The van der Waals surface area contributed by atoms with Gasteiger partial charge in [0, 0.05) is 26.2 Å². The van der Waals surface area contributed by atoms with Crippen molar-refractivity contribution in [2.24, 2.45) is 11.7 Å². The normalized spacial score (nSPS) is 28.7. The number of piperidine rings is 1. The number of nitrogens with two attached hydrogens (primary N) is 1. The van der Waals surface area contributed by atoms with Crippen LogP contribution in [0.15, 0.2) is 0 Å². The predicted octanol–water partition coefficient (Wildman–Crippen LogP) is 1.08. The molecule has 84 valence electrons. The van der Waals surface area contributed by atoms with E-state index in [1.165, 1.54) is 19.4 Å². The summed E-state index contributed by atoms with van der Waals surface area (Å²) in [4.78, 5) is 2.48. The molecular formula is C11H24N2O. The highest BCUT2D eigenvalue weighted by molar-refractivity contribution is 4.79. The van der Waals surface area contributed by atoms with Crippen molar-refractivity contribution in [3.05, 3.63) is 0 Å². The molecule has 0 bridgehead atoms. The number of nitrogens with zero attached hydrogens (tertiary/aromatic N) is 1. The van der Waals surface area contributed by atoms with Gasteiger partial charge in [0.15, 0.2) is 0 Å². The van der Waals surface area contributed by atoms with Gasteiger partial charge in [-0.3, -0.25) is 0 Å². The van der Waals surface area contributed by atoms with E-state index in [9.17, 15) is 0 Å². The Kier molecular flexibility index (Phi) is 4.85. The summed E-state index contributed by atoms with van der Waals surface area (Å²) in [6, 6.07) is 0.329. The maximum absolute atomic E-state index is 5.93. The highest BCUT2D eigenvalue weighted by atomic mass is 16.5. The van der Waals surface area contributed by atoms with Crippen LogP contribution in [0, 0.1) is 5.92 Å². The van der Waals surface area contributed by atoms with Gasteiger partial charge in [-0.2, -0.15) is 0 Å². The lowest BCUT2D eigenvalue weighted by Gasteiger charge is -2.35. The van der Waals surface area contributed by atoms with Gasteiger partial charge in [-0.05, 0) is 39.2 Å². The first-order valence-corrected chi connectivity index (χ1v) is 5.64. The third kappa shape index (κ3) is 3.56. The minimum atomic E-state index is 0.329. The van der Waals surface area contributed by atoms with E-state index >= 15 is 0 Å². The summed E-state index contributed by atoms with van der Waals surface area (Å²) in [5, 5.41) is 0. The van der Waals surface area contributed by atoms with Gasteiger partial charge in [-0.25, -0.2) is 0 Å². The first-order valence-electron chi connectivity index (χ1n) is 5.64. The molecule has 3 atom stereocenters. The highest BCUT2D eigenvalue weighted by Crippen LogP contribution is 2.18. The quantitative estimate of drug-likeness (QED) is 0.738. The van der Waals surface area contributed by atoms with E-state index in [-0.39, 0.29) is 0 Å². The van der Waals surface area contributed by atoms with E-state index in [1.807, 2.05) is 0 Å². The van der Waals surface area contributed by atoms with Gasteiger partial charge < -0.3 is 15.4 Å². The Morgan fingerprint density at radius 2 is 2.21 bits per heavy atom. The maximum Gasteiger partial charge on any atom is 0.0670 e. The summed E-state index contributed by atoms with van der Waals surface area (Å²) >= 11 is 0. The molecule has 0 aromatic carbocycles. The van der Waals surface area contributed by atoms with E-state index in [1.54, 1.807) is 7.11 Å². The third-order valence-electron chi connectivity index (χ3n) is 3.20. The Bertz CT molecular complexity index is 161. The van der Waals surface area contributed by atoms with Crippen LogP contribution >= 0.6 is 0 Å². The summed E-state index contributed by atoms with van der Waals surface area (Å²) in [6.07, 6.45) is 2.90. The second-order valence-corrected chi connectivity index (χ2v) is 4.57. The number of rotatable bonds is 4. The Balaban J connectivity index is 2.32. The predicted molar refractivity (Wildman–Crippen MR) is 59.3 cm³/mol. The lowest BCUT2D eigenvalue weighted by Crippen LogP contribution is -2.44. The molecule has 3 unspecified atom stereocenters. The van der Waals surface area contributed by atoms with Crippen molar-refractivity contribution in [3.8, 4) is 0 Å². The zero-order valence-electron chi connectivity index (χ0n) is 9.70. The first kappa shape index (κ1) is 12.0. The second-order valence-electron chi connectivity index (χ2n) is 4.57. The smallest absolute Gasteiger partial charge is 0.0670 e. The Labute approximate surface area is 87.6 Å². The topological polar surface area (TPSA) is 38.5 Å². The van der Waals surface area contributed by atoms with Crippen LogP contribution in [0.3, 0.4) is 0 Å². The molecule has 1 rings (SSSR count). The molecule has 1 fully saturated rings. The van der Waals surface area contributed by atoms with Crippen molar-refractivity contribution >= 4 is 0 Å². The molecular weight excluding hydrogens is 176 g/mol. The largest absolute Gasteiger partial charge is 0.380 e. The van der Waals surface area contributed by atoms with Crippen LogP contribution < -0.4 is 5.73 Å². The van der Waals surface area contributed by atoms with E-state index in [0.29, 0.717) is 18.1 Å². The molecule has 0 saturated carbocycles. The van der Waals surface area contributed by atoms with Gasteiger partial charge in [0.2, 0.25) is 0 Å². The highest BCUT2D eigenvalue weighted by Gasteiger charge is 2.23. The molecule has 0 radical (unpaired) electrons. The van der Waals surface area contributed by atoms with Crippen molar-refractivity contribution in [2.75, 3.05) is 26.7 Å². The SMILES string of the molecule is COC(C)CN1CCCC(C(C)N)C1. The number of hydrogen-bond donors (Lipinski definition) is 1. The summed E-state index contributed by atoms with van der Waals surface area (Å²) < 4.78 is 5.28. The van der Waals surface area contributed by atoms with E-state index < -0.39 is 0 Å². The minimum Gasteiger partial charge on any atom is -0.380 e. The molecule has 0 aliphatic carbocycles. The molecule has 0 spiro atoms. The molecule has 14 heavy (non-hydrogen) atoms. The lowest BCUT2D eigenvalue weighted by atomic mass is 9.92. The number of hydrogen-bond acceptors (Lipinski definition) is 3. The number of likely N-dealkylation sites (tertiary alicyclic amines) is 1. The van der Waals surface area contributed by atoms with Crippen molar-refractivity contribution < 1.29 is 4.74 Å². The second kappa shape index (κ2) is 5.69. The molecule has 2 N–H and O–H groups in total. The van der Waals surface area contributed by atoms with Gasteiger partial charge in [0.05, 0.1) is 6.10 Å². The average Bonchev–Trinajstić information content (AvgIpc) is 2.18. The van der Waals surface area contributed by atoms with Crippen LogP contribution in [0.4, 0.5) is 0 Å². The molecule has 0 aromatic heterocycles. The van der Waals surface area contributed by atoms with Gasteiger partial charge in [-0.1, -0.05) is 0 Å². The average molecular weight is 200 g/mol. The van der Waals surface area contributed by atoms with Crippen LogP contribution in [0.1, 0.15) is 26.7 Å². The van der Waals surface area contributed by atoms with Crippen molar-refractivity contribution in [1.29, 1.82) is 0 Å². The standard InChI is InChI=1S/C11H24N2O/c1-9(14-3)7-13-6-4-5-11(8-13)10(2)12/h9-11H,4-8,12H2,1-3H3. The van der Waals surface area contributed by atoms with E-state index in [2.05, 4.69) is 18.7 Å². The first-order chi connectivity index (χ1) is 6.63. The molecule has 1 heterocycles. The van der Waals surface area contributed by atoms with E-state index in [4.69, 9.17) is 10.5 Å². The molecule has 3 heteroatoms. The fourth-order valence-corrected chi connectivity index (χ4v) is 2.12. The molecule has 1 aliphatic rings. The third-order valence-corrected chi connectivity index (χ3v) is 3.20. The number of ether oxygens (including phenoxy) is 1. The van der Waals surface area contributed by atoms with Crippen molar-refractivity contribution in [1.82, 2.24) is 4.90 Å². The maximum atomic E-state index is 5.93. The van der Waals surface area contributed by atoms with Crippen LogP contribution in [0.2, 0.25) is 0 Å². The Hall–Kier alpha value is -0.120. The monoisotopic (exact) mass is 200 g/mol. The Morgan fingerprint density at radius 1 is 1.50 bits per heavy atom. The van der Waals surface area contributed by atoms with Gasteiger partial charge in [-0.15, -0.1) is 0 Å². The molecule has 1 saturated heterocycles. The summed E-state index contributed by atoms with van der Waals surface area (Å²) in [6.45, 7) is 7.63.